The average molecular weight is 471 g/mol. The third-order valence-electron chi connectivity index (χ3n) is 7.06. The van der Waals surface area contributed by atoms with Gasteiger partial charge in [0.2, 0.25) is 0 Å². The number of hydrogen-bond donors (Lipinski definition) is 3. The molecular formula is C22H26FN7O4. The van der Waals surface area contributed by atoms with Crippen molar-refractivity contribution < 1.29 is 23.4 Å². The van der Waals surface area contributed by atoms with E-state index >= 15 is 4.39 Å². The van der Waals surface area contributed by atoms with E-state index in [4.69, 9.17) is 14.2 Å². The van der Waals surface area contributed by atoms with Crippen molar-refractivity contribution >= 4 is 23.2 Å². The van der Waals surface area contributed by atoms with Crippen LogP contribution >= 0.6 is 0 Å². The highest BCUT2D eigenvalue weighted by Gasteiger charge is 2.58. The van der Waals surface area contributed by atoms with Crippen molar-refractivity contribution in [3.63, 3.8) is 0 Å². The van der Waals surface area contributed by atoms with Gasteiger partial charge in [0.25, 0.3) is 0 Å². The van der Waals surface area contributed by atoms with Gasteiger partial charge < -0.3 is 24.8 Å². The second kappa shape index (κ2) is 7.91. The van der Waals surface area contributed by atoms with E-state index in [1.807, 2.05) is 6.92 Å². The lowest BCUT2D eigenvalue weighted by molar-refractivity contribution is -0.0528. The second-order valence-corrected chi connectivity index (χ2v) is 9.43. The summed E-state index contributed by atoms with van der Waals surface area (Å²) in [6.45, 7) is 2.32. The smallest absolute Gasteiger partial charge is 0.408 e. The van der Waals surface area contributed by atoms with Crippen LogP contribution in [0.1, 0.15) is 42.3 Å². The zero-order valence-electron chi connectivity index (χ0n) is 18.9. The van der Waals surface area contributed by atoms with Crippen LogP contribution in [0.15, 0.2) is 18.5 Å². The van der Waals surface area contributed by atoms with Crippen LogP contribution in [0.25, 0.3) is 5.52 Å². The Morgan fingerprint density at radius 2 is 2.24 bits per heavy atom. The minimum absolute atomic E-state index is 0.0190. The fraction of sp³-hybridized carbons (Fsp3) is 0.545. The number of carbonyl (C=O) groups is 1. The van der Waals surface area contributed by atoms with E-state index in [1.54, 1.807) is 30.1 Å². The number of amides is 1. The Morgan fingerprint density at radius 3 is 2.97 bits per heavy atom. The molecule has 4 fully saturated rings. The lowest BCUT2D eigenvalue weighted by Gasteiger charge is -2.61. The Kier molecular flexibility index (Phi) is 4.96. The molecule has 0 radical (unpaired) electrons. The molecule has 12 heteroatoms. The van der Waals surface area contributed by atoms with Gasteiger partial charge in [0.1, 0.15) is 11.6 Å². The SMILES string of the molecule is COCc1nn2ccnc(Nc3cc([C@H]4OC[C@@H](OC(=O)NC56CC(C5)C6)[C@@H]4F)[nH]n3)c2c1C. The number of alkyl halides is 1. The molecule has 4 heterocycles. The molecule has 3 N–H and O–H groups in total. The Bertz CT molecular complexity index is 1230. The minimum atomic E-state index is -1.51. The van der Waals surface area contributed by atoms with Gasteiger partial charge in [0.15, 0.2) is 23.9 Å². The van der Waals surface area contributed by atoms with Crippen molar-refractivity contribution in [1.29, 1.82) is 0 Å². The molecule has 0 aromatic carbocycles. The summed E-state index contributed by atoms with van der Waals surface area (Å²) in [5, 5.41) is 17.6. The number of rotatable bonds is 7. The number of carbonyl (C=O) groups excluding carboxylic acids is 1. The zero-order valence-corrected chi connectivity index (χ0v) is 18.9. The van der Waals surface area contributed by atoms with Crippen LogP contribution in [0.4, 0.5) is 20.8 Å². The Balaban J connectivity index is 1.13. The predicted octanol–water partition coefficient (Wildman–Crippen LogP) is 2.71. The summed E-state index contributed by atoms with van der Waals surface area (Å²) in [5.41, 5.74) is 2.87. The summed E-state index contributed by atoms with van der Waals surface area (Å²) in [6, 6.07) is 1.66. The molecule has 3 aromatic heterocycles. The van der Waals surface area contributed by atoms with Crippen LogP contribution in [0.5, 0.6) is 0 Å². The molecular weight excluding hydrogens is 445 g/mol. The molecule has 180 valence electrons. The van der Waals surface area contributed by atoms with Crippen LogP contribution in [0, 0.1) is 12.8 Å². The quantitative estimate of drug-likeness (QED) is 0.480. The van der Waals surface area contributed by atoms with E-state index < -0.39 is 24.5 Å². The molecule has 3 aliphatic carbocycles. The lowest BCUT2D eigenvalue weighted by Crippen LogP contribution is -2.68. The van der Waals surface area contributed by atoms with Crippen LogP contribution in [0.2, 0.25) is 0 Å². The van der Waals surface area contributed by atoms with E-state index in [1.165, 1.54) is 0 Å². The molecule has 34 heavy (non-hydrogen) atoms. The first-order chi connectivity index (χ1) is 16.4. The third kappa shape index (κ3) is 3.48. The summed E-state index contributed by atoms with van der Waals surface area (Å²) < 4.78 is 33.0. The standard InChI is InChI=1S/C22H26FN7O4/c1-11-14(9-32-2)29-30-4-3-24-20(18(11)30)25-16-5-13(27-28-16)19-17(23)15(10-33-19)34-21(31)26-22-6-12(7-22)8-22/h3-5,12,15,17,19H,6-10H2,1-2H3,(H,26,31)(H2,24,25,27,28)/t12?,15-,17+,19-,22?/m1/s1. The molecule has 1 saturated heterocycles. The molecule has 4 aliphatic rings. The van der Waals surface area contributed by atoms with Crippen molar-refractivity contribution in [2.45, 2.75) is 56.7 Å². The fourth-order valence-corrected chi connectivity index (χ4v) is 5.18. The number of ether oxygens (including phenoxy) is 3. The first-order valence-electron chi connectivity index (χ1n) is 11.3. The maximum absolute atomic E-state index is 15.1. The number of aryl methyl sites for hydroxylation is 1. The lowest BCUT2D eigenvalue weighted by atomic mass is 9.50. The first-order valence-corrected chi connectivity index (χ1v) is 11.3. The fourth-order valence-electron chi connectivity index (χ4n) is 5.18. The van der Waals surface area contributed by atoms with Gasteiger partial charge in [-0.15, -0.1) is 0 Å². The predicted molar refractivity (Wildman–Crippen MR) is 117 cm³/mol. The van der Waals surface area contributed by atoms with Crippen LogP contribution < -0.4 is 10.6 Å². The summed E-state index contributed by atoms with van der Waals surface area (Å²) in [5.74, 6) is 1.73. The second-order valence-electron chi connectivity index (χ2n) is 9.43. The molecule has 1 amide bonds. The van der Waals surface area contributed by atoms with Gasteiger partial charge in [-0.1, -0.05) is 0 Å². The number of anilines is 2. The summed E-state index contributed by atoms with van der Waals surface area (Å²) >= 11 is 0. The molecule has 7 rings (SSSR count). The van der Waals surface area contributed by atoms with Gasteiger partial charge in [0.05, 0.1) is 24.6 Å². The molecule has 11 nitrogen and oxygen atoms in total. The van der Waals surface area contributed by atoms with E-state index in [2.05, 4.69) is 30.9 Å². The molecule has 0 unspecified atom stereocenters. The summed E-state index contributed by atoms with van der Waals surface area (Å²) in [6.07, 6.45) is 2.38. The van der Waals surface area contributed by atoms with Gasteiger partial charge in [-0.2, -0.15) is 10.2 Å². The monoisotopic (exact) mass is 471 g/mol. The number of aromatic nitrogens is 5. The highest BCUT2D eigenvalue weighted by atomic mass is 19.1. The highest BCUT2D eigenvalue weighted by molar-refractivity contribution is 5.76. The normalized spacial score (nSPS) is 29.5. The van der Waals surface area contributed by atoms with Crippen molar-refractivity contribution in [1.82, 2.24) is 30.1 Å². The van der Waals surface area contributed by atoms with Crippen molar-refractivity contribution in [3.05, 3.63) is 35.4 Å². The van der Waals surface area contributed by atoms with Crippen LogP contribution in [-0.2, 0) is 20.8 Å². The molecule has 3 aromatic rings. The van der Waals surface area contributed by atoms with Gasteiger partial charge in [-0.05, 0) is 32.1 Å². The molecule has 2 bridgehead atoms. The average Bonchev–Trinajstić information content (AvgIpc) is 3.44. The largest absolute Gasteiger partial charge is 0.441 e. The van der Waals surface area contributed by atoms with Crippen molar-refractivity contribution in [2.24, 2.45) is 5.92 Å². The number of nitrogens with zero attached hydrogens (tertiary/aromatic N) is 4. The topological polar surface area (TPSA) is 128 Å². The molecule has 3 saturated carbocycles. The number of methoxy groups -OCH3 is 1. The first kappa shape index (κ1) is 21.3. The summed E-state index contributed by atoms with van der Waals surface area (Å²) in [7, 11) is 1.62. The number of alkyl carbamates (subject to hydrolysis) is 1. The van der Waals surface area contributed by atoms with Crippen molar-refractivity contribution in [2.75, 3.05) is 19.0 Å². The summed E-state index contributed by atoms with van der Waals surface area (Å²) in [4.78, 5) is 16.6. The van der Waals surface area contributed by atoms with Crippen LogP contribution in [-0.4, -0.2) is 62.4 Å². The molecule has 0 spiro atoms. The highest BCUT2D eigenvalue weighted by Crippen LogP contribution is 2.57. The number of aromatic amines is 1. The van der Waals surface area contributed by atoms with Gasteiger partial charge in [0, 0.05) is 36.7 Å². The third-order valence-corrected chi connectivity index (χ3v) is 7.06. The van der Waals surface area contributed by atoms with Crippen LogP contribution in [0.3, 0.4) is 0 Å². The van der Waals surface area contributed by atoms with E-state index in [-0.39, 0.29) is 12.1 Å². The Labute approximate surface area is 194 Å². The van der Waals surface area contributed by atoms with Crippen molar-refractivity contribution in [3.8, 4) is 0 Å². The Hall–Kier alpha value is -3.25. The zero-order chi connectivity index (χ0) is 23.4. The number of fused-ring (bicyclic) bond motifs is 1. The minimum Gasteiger partial charge on any atom is -0.441 e. The van der Waals surface area contributed by atoms with Gasteiger partial charge in [-0.3, -0.25) is 5.10 Å². The van der Waals surface area contributed by atoms with Gasteiger partial charge >= 0.3 is 6.09 Å². The maximum Gasteiger partial charge on any atom is 0.408 e. The van der Waals surface area contributed by atoms with Gasteiger partial charge in [-0.25, -0.2) is 18.7 Å². The number of hydrogen-bond acceptors (Lipinski definition) is 8. The number of halogens is 1. The van der Waals surface area contributed by atoms with E-state index in [0.29, 0.717) is 23.9 Å². The number of nitrogens with one attached hydrogen (secondary N) is 3. The van der Waals surface area contributed by atoms with E-state index in [9.17, 15) is 4.79 Å². The Morgan fingerprint density at radius 1 is 1.41 bits per heavy atom. The molecule has 3 atom stereocenters. The number of H-pyrrole nitrogens is 1. The van der Waals surface area contributed by atoms with E-state index in [0.717, 1.165) is 42.0 Å². The molecule has 1 aliphatic heterocycles. The maximum atomic E-state index is 15.1.